The van der Waals surface area contributed by atoms with E-state index in [2.05, 4.69) is 0 Å². The molecule has 1 aromatic rings. The molecule has 2 aliphatic rings. The van der Waals surface area contributed by atoms with E-state index in [0.29, 0.717) is 5.56 Å². The fourth-order valence-electron chi connectivity index (χ4n) is 4.19. The lowest BCUT2D eigenvalue weighted by atomic mass is 9.73. The van der Waals surface area contributed by atoms with E-state index in [1.807, 2.05) is 31.2 Å². The van der Waals surface area contributed by atoms with Crippen LogP contribution in [0.3, 0.4) is 0 Å². The Kier molecular flexibility index (Phi) is 5.17. The maximum absolute atomic E-state index is 12.2. The molecule has 0 aliphatic heterocycles. The van der Waals surface area contributed by atoms with Crippen molar-refractivity contribution < 1.29 is 9.53 Å². The molecule has 0 spiro atoms. The topological polar surface area (TPSA) is 26.3 Å². The van der Waals surface area contributed by atoms with Crippen molar-refractivity contribution in [3.05, 3.63) is 35.4 Å². The second kappa shape index (κ2) is 7.30. The van der Waals surface area contributed by atoms with Crippen molar-refractivity contribution in [3.63, 3.8) is 0 Å². The smallest absolute Gasteiger partial charge is 0.338 e. The summed E-state index contributed by atoms with van der Waals surface area (Å²) in [4.78, 5) is 12.2. The molecule has 0 radical (unpaired) electrons. The molecule has 22 heavy (non-hydrogen) atoms. The lowest BCUT2D eigenvalue weighted by molar-refractivity contribution is 0.0117. The van der Waals surface area contributed by atoms with Crippen molar-refractivity contribution in [2.75, 3.05) is 0 Å². The Labute approximate surface area is 134 Å². The van der Waals surface area contributed by atoms with E-state index >= 15 is 0 Å². The largest absolute Gasteiger partial charge is 0.459 e. The predicted octanol–water partition coefficient (Wildman–Crippen LogP) is 5.29. The van der Waals surface area contributed by atoms with E-state index in [0.717, 1.165) is 24.7 Å². The van der Waals surface area contributed by atoms with Crippen LogP contribution in [0.25, 0.3) is 0 Å². The second-order valence-electron chi connectivity index (χ2n) is 7.21. The number of carbonyl (C=O) groups excluding carboxylic acids is 1. The monoisotopic (exact) mass is 300 g/mol. The molecule has 2 heteroatoms. The zero-order chi connectivity index (χ0) is 15.4. The average Bonchev–Trinajstić information content (AvgIpc) is 2.57. The highest BCUT2D eigenvalue weighted by molar-refractivity contribution is 5.89. The molecule has 0 aromatic heterocycles. The van der Waals surface area contributed by atoms with Gasteiger partial charge in [0.15, 0.2) is 0 Å². The summed E-state index contributed by atoms with van der Waals surface area (Å²) in [5, 5.41) is 0. The minimum Gasteiger partial charge on any atom is -0.459 e. The van der Waals surface area contributed by atoms with Crippen LogP contribution in [0.1, 0.15) is 73.7 Å². The first-order valence-electron chi connectivity index (χ1n) is 9.00. The number of ether oxygens (including phenoxy) is 1. The van der Waals surface area contributed by atoms with Gasteiger partial charge in [0.1, 0.15) is 6.10 Å². The molecule has 3 rings (SSSR count). The molecule has 2 nitrogen and oxygen atoms in total. The van der Waals surface area contributed by atoms with Gasteiger partial charge in [0.2, 0.25) is 0 Å². The summed E-state index contributed by atoms with van der Waals surface area (Å²) in [5.41, 5.74) is 1.85. The number of hydrogen-bond acceptors (Lipinski definition) is 2. The summed E-state index contributed by atoms with van der Waals surface area (Å²) in [6.45, 7) is 2.03. The first kappa shape index (κ1) is 15.6. The molecule has 120 valence electrons. The summed E-state index contributed by atoms with van der Waals surface area (Å²) >= 11 is 0. The molecule has 0 heterocycles. The Balaban J connectivity index is 1.47. The summed E-state index contributed by atoms with van der Waals surface area (Å²) < 4.78 is 5.71. The Morgan fingerprint density at radius 3 is 2.09 bits per heavy atom. The van der Waals surface area contributed by atoms with E-state index in [1.54, 1.807) is 0 Å². The summed E-state index contributed by atoms with van der Waals surface area (Å²) in [7, 11) is 0. The maximum atomic E-state index is 12.2. The highest BCUT2D eigenvalue weighted by atomic mass is 16.5. The Morgan fingerprint density at radius 2 is 1.45 bits per heavy atom. The third kappa shape index (κ3) is 3.91. The number of rotatable bonds is 3. The van der Waals surface area contributed by atoms with E-state index < -0.39 is 0 Å². The van der Waals surface area contributed by atoms with Crippen LogP contribution in [0.2, 0.25) is 0 Å². The SMILES string of the molecule is Cc1ccc(C(=O)OC2CCC(C3CCCCC3)CC2)cc1. The molecule has 0 amide bonds. The van der Waals surface area contributed by atoms with Crippen LogP contribution in [0.4, 0.5) is 0 Å². The van der Waals surface area contributed by atoms with Crippen LogP contribution >= 0.6 is 0 Å². The van der Waals surface area contributed by atoms with Gasteiger partial charge in [-0.2, -0.15) is 0 Å². The van der Waals surface area contributed by atoms with E-state index in [1.165, 1.54) is 50.5 Å². The summed E-state index contributed by atoms with van der Waals surface area (Å²) in [5.74, 6) is 1.68. The number of esters is 1. The number of hydrogen-bond donors (Lipinski definition) is 0. The van der Waals surface area contributed by atoms with Crippen molar-refractivity contribution in [1.82, 2.24) is 0 Å². The molecule has 0 saturated heterocycles. The standard InChI is InChI=1S/C20H28O2/c1-15-7-9-18(10-8-15)20(21)22-19-13-11-17(12-14-19)16-5-3-2-4-6-16/h7-10,16-17,19H,2-6,11-14H2,1H3. The van der Waals surface area contributed by atoms with Crippen molar-refractivity contribution in [2.24, 2.45) is 11.8 Å². The van der Waals surface area contributed by atoms with Crippen LogP contribution in [0, 0.1) is 18.8 Å². The van der Waals surface area contributed by atoms with Gasteiger partial charge in [-0.25, -0.2) is 4.79 Å². The zero-order valence-corrected chi connectivity index (χ0v) is 13.7. The minimum absolute atomic E-state index is 0.133. The van der Waals surface area contributed by atoms with Crippen LogP contribution < -0.4 is 0 Å². The van der Waals surface area contributed by atoms with Gasteiger partial charge >= 0.3 is 5.97 Å². The van der Waals surface area contributed by atoms with Crippen LogP contribution in [-0.2, 0) is 4.74 Å². The predicted molar refractivity (Wildman–Crippen MR) is 88.9 cm³/mol. The normalized spacial score (nSPS) is 26.6. The van der Waals surface area contributed by atoms with Crippen LogP contribution in [0.15, 0.2) is 24.3 Å². The van der Waals surface area contributed by atoms with E-state index in [9.17, 15) is 4.79 Å². The lowest BCUT2D eigenvalue weighted by Gasteiger charge is -2.35. The van der Waals surface area contributed by atoms with Crippen molar-refractivity contribution in [3.8, 4) is 0 Å². The fourth-order valence-corrected chi connectivity index (χ4v) is 4.19. The van der Waals surface area contributed by atoms with Crippen LogP contribution in [-0.4, -0.2) is 12.1 Å². The Morgan fingerprint density at radius 1 is 0.864 bits per heavy atom. The average molecular weight is 300 g/mol. The molecule has 2 saturated carbocycles. The molecule has 0 N–H and O–H groups in total. The first-order valence-corrected chi connectivity index (χ1v) is 9.00. The number of aryl methyl sites for hydroxylation is 1. The number of benzene rings is 1. The molecule has 1 aromatic carbocycles. The molecule has 2 fully saturated rings. The summed E-state index contributed by atoms with van der Waals surface area (Å²) in [6, 6.07) is 7.67. The first-order chi connectivity index (χ1) is 10.7. The Hall–Kier alpha value is -1.31. The maximum Gasteiger partial charge on any atom is 0.338 e. The lowest BCUT2D eigenvalue weighted by Crippen LogP contribution is -2.28. The van der Waals surface area contributed by atoms with Gasteiger partial charge in [-0.1, -0.05) is 49.8 Å². The van der Waals surface area contributed by atoms with Gasteiger partial charge < -0.3 is 4.74 Å². The second-order valence-corrected chi connectivity index (χ2v) is 7.21. The van der Waals surface area contributed by atoms with Crippen molar-refractivity contribution in [1.29, 1.82) is 0 Å². The molecule has 0 atom stereocenters. The third-order valence-corrected chi connectivity index (χ3v) is 5.60. The van der Waals surface area contributed by atoms with Gasteiger partial charge in [-0.3, -0.25) is 0 Å². The molecular weight excluding hydrogens is 272 g/mol. The highest BCUT2D eigenvalue weighted by Gasteiger charge is 2.30. The molecule has 2 aliphatic carbocycles. The van der Waals surface area contributed by atoms with Crippen molar-refractivity contribution >= 4 is 5.97 Å². The fraction of sp³-hybridized carbons (Fsp3) is 0.650. The summed E-state index contributed by atoms with van der Waals surface area (Å²) in [6.07, 6.45) is 11.9. The van der Waals surface area contributed by atoms with Gasteiger partial charge in [-0.15, -0.1) is 0 Å². The van der Waals surface area contributed by atoms with E-state index in [-0.39, 0.29) is 12.1 Å². The molecule has 0 unspecified atom stereocenters. The highest BCUT2D eigenvalue weighted by Crippen LogP contribution is 2.38. The van der Waals surface area contributed by atoms with Crippen molar-refractivity contribution in [2.45, 2.75) is 70.8 Å². The molecular formula is C20H28O2. The van der Waals surface area contributed by atoms with Gasteiger partial charge in [-0.05, 0) is 56.6 Å². The minimum atomic E-state index is -0.152. The quantitative estimate of drug-likeness (QED) is 0.709. The van der Waals surface area contributed by atoms with E-state index in [4.69, 9.17) is 4.74 Å². The van der Waals surface area contributed by atoms with Gasteiger partial charge in [0.25, 0.3) is 0 Å². The third-order valence-electron chi connectivity index (χ3n) is 5.60. The number of carbonyl (C=O) groups is 1. The van der Waals surface area contributed by atoms with Gasteiger partial charge in [0.05, 0.1) is 5.56 Å². The van der Waals surface area contributed by atoms with Gasteiger partial charge in [0, 0.05) is 0 Å². The van der Waals surface area contributed by atoms with Crippen LogP contribution in [0.5, 0.6) is 0 Å². The zero-order valence-electron chi connectivity index (χ0n) is 13.7. The Bertz CT molecular complexity index is 477. The molecule has 0 bridgehead atoms.